The second-order valence-corrected chi connectivity index (χ2v) is 12.4. The molecule has 0 radical (unpaired) electrons. The third kappa shape index (κ3) is 5.57. The number of nitrogens with one attached hydrogen (secondary N) is 2. The summed E-state index contributed by atoms with van der Waals surface area (Å²) in [7, 11) is 1.21. The minimum atomic E-state index is -1.24. The number of halogens is 2. The number of rotatable bonds is 10. The molecule has 5 rings (SSSR count). The number of aliphatic hydroxyl groups excluding tert-OH is 1. The second kappa shape index (κ2) is 12.8. The smallest absolute Gasteiger partial charge is 0.338 e. The number of carbonyl (C=O) groups excluding carboxylic acids is 2. The molecule has 1 spiro atoms. The largest absolute Gasteiger partial charge is 0.465 e. The summed E-state index contributed by atoms with van der Waals surface area (Å²) in [6, 6.07) is 15.7. The number of hydrogen-bond acceptors (Lipinski definition) is 8. The number of aliphatic hydroxyl groups is 1. The van der Waals surface area contributed by atoms with Gasteiger partial charge in [-0.3, -0.25) is 19.8 Å². The first-order chi connectivity index (χ1) is 21.0. The van der Waals surface area contributed by atoms with Gasteiger partial charge in [0.15, 0.2) is 0 Å². The van der Waals surface area contributed by atoms with E-state index in [0.717, 1.165) is 17.5 Å². The molecule has 0 aromatic heterocycles. The average molecular weight is 642 g/mol. The Kier molecular flexibility index (Phi) is 9.29. The maximum atomic E-state index is 14.4. The molecule has 44 heavy (non-hydrogen) atoms. The summed E-state index contributed by atoms with van der Waals surface area (Å²) in [5.74, 6) is -1.19. The Morgan fingerprint density at radius 3 is 2.57 bits per heavy atom. The van der Waals surface area contributed by atoms with Crippen LogP contribution in [0, 0.1) is 16.0 Å². The van der Waals surface area contributed by atoms with Gasteiger partial charge in [0.2, 0.25) is 5.91 Å². The lowest BCUT2D eigenvalue weighted by Crippen LogP contribution is -2.53. The van der Waals surface area contributed by atoms with Crippen molar-refractivity contribution in [2.75, 3.05) is 25.6 Å². The van der Waals surface area contributed by atoms with Gasteiger partial charge in [-0.25, -0.2) is 4.79 Å². The highest BCUT2D eigenvalue weighted by Gasteiger charge is 2.66. The van der Waals surface area contributed by atoms with E-state index in [2.05, 4.69) is 29.4 Å². The van der Waals surface area contributed by atoms with Gasteiger partial charge in [0.1, 0.15) is 5.54 Å². The quantitative estimate of drug-likeness (QED) is 0.150. The van der Waals surface area contributed by atoms with Gasteiger partial charge >= 0.3 is 5.97 Å². The molecule has 2 heterocycles. The van der Waals surface area contributed by atoms with E-state index in [-0.39, 0.29) is 30.3 Å². The summed E-state index contributed by atoms with van der Waals surface area (Å²) in [5, 5.41) is 30.5. The summed E-state index contributed by atoms with van der Waals surface area (Å²) in [6.45, 7) is 4.44. The van der Waals surface area contributed by atoms with E-state index in [4.69, 9.17) is 27.9 Å². The molecular weight excluding hydrogens is 607 g/mol. The number of nitro benzene ring substituents is 1. The van der Waals surface area contributed by atoms with Crippen molar-refractivity contribution in [1.82, 2.24) is 10.2 Å². The molecule has 4 atom stereocenters. The maximum absolute atomic E-state index is 14.4. The van der Waals surface area contributed by atoms with E-state index >= 15 is 0 Å². The molecule has 3 aromatic rings. The predicted octanol–water partition coefficient (Wildman–Crippen LogP) is 5.50. The molecule has 232 valence electrons. The van der Waals surface area contributed by atoms with Crippen molar-refractivity contribution < 1.29 is 24.4 Å². The van der Waals surface area contributed by atoms with Crippen molar-refractivity contribution in [2.45, 2.75) is 50.4 Å². The number of carbonyl (C=O) groups is 2. The molecule has 0 aliphatic carbocycles. The number of likely N-dealkylation sites (tertiary alicyclic amines) is 1. The zero-order valence-electron chi connectivity index (χ0n) is 24.6. The molecule has 10 nitrogen and oxygen atoms in total. The fourth-order valence-corrected chi connectivity index (χ4v) is 7.08. The third-order valence-electron chi connectivity index (χ3n) is 8.64. The van der Waals surface area contributed by atoms with E-state index in [1.165, 1.54) is 25.3 Å². The fraction of sp³-hybridized carbons (Fsp3) is 0.375. The first kappa shape index (κ1) is 31.9. The maximum Gasteiger partial charge on any atom is 0.338 e. The third-order valence-corrected chi connectivity index (χ3v) is 9.11. The number of nitrogens with zero attached hydrogens (tertiary/aromatic N) is 2. The van der Waals surface area contributed by atoms with Crippen LogP contribution in [0.3, 0.4) is 0 Å². The Bertz CT molecular complexity index is 1600. The van der Waals surface area contributed by atoms with Gasteiger partial charge in [-0.1, -0.05) is 61.3 Å². The number of ether oxygens (including phenoxy) is 1. The van der Waals surface area contributed by atoms with Gasteiger partial charge in [-0.2, -0.15) is 0 Å². The van der Waals surface area contributed by atoms with Crippen LogP contribution in [0.25, 0.3) is 0 Å². The van der Waals surface area contributed by atoms with E-state index in [1.54, 1.807) is 18.2 Å². The fourth-order valence-electron chi connectivity index (χ4n) is 6.71. The molecule has 2 aliphatic rings. The Labute approximate surface area is 265 Å². The highest BCUT2D eigenvalue weighted by molar-refractivity contribution is 6.31. The van der Waals surface area contributed by atoms with Crippen LogP contribution in [0.1, 0.15) is 53.2 Å². The second-order valence-electron chi connectivity index (χ2n) is 11.6. The van der Waals surface area contributed by atoms with Crippen molar-refractivity contribution in [3.05, 3.63) is 103 Å². The molecule has 1 amide bonds. The van der Waals surface area contributed by atoms with E-state index in [1.807, 2.05) is 24.3 Å². The van der Waals surface area contributed by atoms with Crippen LogP contribution in [0.2, 0.25) is 10.0 Å². The summed E-state index contributed by atoms with van der Waals surface area (Å²) < 4.78 is 4.74. The molecule has 1 fully saturated rings. The Hall–Kier alpha value is -3.54. The summed E-state index contributed by atoms with van der Waals surface area (Å²) >= 11 is 12.8. The zero-order valence-corrected chi connectivity index (χ0v) is 26.1. The van der Waals surface area contributed by atoms with Crippen LogP contribution in [-0.2, 0) is 21.6 Å². The van der Waals surface area contributed by atoms with Crippen LogP contribution in [0.5, 0.6) is 0 Å². The first-order valence-corrected chi connectivity index (χ1v) is 15.1. The van der Waals surface area contributed by atoms with Gasteiger partial charge in [0.25, 0.3) is 5.69 Å². The number of methoxy groups -OCH3 is 1. The monoisotopic (exact) mass is 640 g/mol. The molecule has 0 unspecified atom stereocenters. The van der Waals surface area contributed by atoms with Gasteiger partial charge in [-0.05, 0) is 48.2 Å². The van der Waals surface area contributed by atoms with Crippen LogP contribution in [-0.4, -0.2) is 59.2 Å². The predicted molar refractivity (Wildman–Crippen MR) is 168 cm³/mol. The van der Waals surface area contributed by atoms with Gasteiger partial charge < -0.3 is 20.5 Å². The standard InChI is InChI=1S/C32H34Cl2N4O6/c1-18(2)11-12-37-27(17-39)29(35-16-21-8-7-20(30(40)44-3)14-26(21)38(42)43)28(19-5-4-6-22(33)13-19)32(37)24-10-9-23(34)15-25(24)36-31(32)41/h4-10,13-15,18,27-29,35,39H,11-12,16-17H2,1-3H3,(H,36,41)/t27-,28-,29+,32+/m0/s1. The van der Waals surface area contributed by atoms with Crippen molar-refractivity contribution in [3.63, 3.8) is 0 Å². The van der Waals surface area contributed by atoms with Gasteiger partial charge in [-0.15, -0.1) is 0 Å². The van der Waals surface area contributed by atoms with Crippen molar-refractivity contribution in [2.24, 2.45) is 5.92 Å². The molecule has 2 aliphatic heterocycles. The number of anilines is 1. The van der Waals surface area contributed by atoms with Crippen LogP contribution >= 0.6 is 23.2 Å². The van der Waals surface area contributed by atoms with E-state index in [9.17, 15) is 24.8 Å². The van der Waals surface area contributed by atoms with Gasteiger partial charge in [0, 0.05) is 58.0 Å². The number of benzene rings is 3. The lowest BCUT2D eigenvalue weighted by atomic mass is 9.73. The first-order valence-electron chi connectivity index (χ1n) is 14.4. The van der Waals surface area contributed by atoms with Crippen molar-refractivity contribution in [3.8, 4) is 0 Å². The molecular formula is C32H34Cl2N4O6. The number of amides is 1. The van der Waals surface area contributed by atoms with Crippen LogP contribution < -0.4 is 10.6 Å². The molecule has 3 aromatic carbocycles. The number of nitro groups is 1. The highest BCUT2D eigenvalue weighted by atomic mass is 35.5. The SMILES string of the molecule is COC(=O)c1ccc(CN[C@@H]2[C@H](CO)N(CCC(C)C)[C@@]3(C(=O)Nc4cc(Cl)ccc43)[C@H]2c2cccc(Cl)c2)c([N+](=O)[O-])c1. The summed E-state index contributed by atoms with van der Waals surface area (Å²) in [4.78, 5) is 40.0. The molecule has 3 N–H and O–H groups in total. The lowest BCUT2D eigenvalue weighted by Gasteiger charge is -2.39. The zero-order chi connectivity index (χ0) is 31.8. The molecule has 0 saturated carbocycles. The topological polar surface area (TPSA) is 134 Å². The summed E-state index contributed by atoms with van der Waals surface area (Å²) in [6.07, 6.45) is 0.754. The van der Waals surface area contributed by atoms with E-state index in [0.29, 0.717) is 33.8 Å². The average Bonchev–Trinajstić information content (AvgIpc) is 3.44. The van der Waals surface area contributed by atoms with E-state index < -0.39 is 34.4 Å². The number of esters is 1. The Morgan fingerprint density at radius 2 is 1.91 bits per heavy atom. The number of hydrogen-bond donors (Lipinski definition) is 3. The Morgan fingerprint density at radius 1 is 1.16 bits per heavy atom. The normalized spacial score (nSPS) is 22.8. The van der Waals surface area contributed by atoms with Crippen LogP contribution in [0.15, 0.2) is 60.7 Å². The Balaban J connectivity index is 1.67. The minimum Gasteiger partial charge on any atom is -0.465 e. The molecule has 1 saturated heterocycles. The van der Waals surface area contributed by atoms with Gasteiger partial charge in [0.05, 0.1) is 30.2 Å². The lowest BCUT2D eigenvalue weighted by molar-refractivity contribution is -0.385. The highest BCUT2D eigenvalue weighted by Crippen LogP contribution is 2.57. The molecule has 12 heteroatoms. The summed E-state index contributed by atoms with van der Waals surface area (Å²) in [5.41, 5.74) is 1.00. The van der Waals surface area contributed by atoms with Crippen molar-refractivity contribution >= 4 is 46.5 Å². The molecule has 0 bridgehead atoms. The van der Waals surface area contributed by atoms with Crippen LogP contribution in [0.4, 0.5) is 11.4 Å². The minimum absolute atomic E-state index is 0.0270. The number of fused-ring (bicyclic) bond motifs is 2. The van der Waals surface area contributed by atoms with Crippen molar-refractivity contribution in [1.29, 1.82) is 0 Å².